The Kier molecular flexibility index (Phi) is 4.38. The van der Waals surface area contributed by atoms with Gasteiger partial charge in [0.1, 0.15) is 23.9 Å². The van der Waals surface area contributed by atoms with Gasteiger partial charge in [0.25, 0.3) is 0 Å². The highest BCUT2D eigenvalue weighted by Gasteiger charge is 2.05. The highest BCUT2D eigenvalue weighted by molar-refractivity contribution is 6.06. The van der Waals surface area contributed by atoms with Crippen molar-refractivity contribution in [3.05, 3.63) is 78.0 Å². The Morgan fingerprint density at radius 3 is 2.83 bits per heavy atom. The zero-order valence-electron chi connectivity index (χ0n) is 12.7. The minimum Gasteiger partial charge on any atom is -0.486 e. The summed E-state index contributed by atoms with van der Waals surface area (Å²) in [6.45, 7) is 0.342. The summed E-state index contributed by atoms with van der Waals surface area (Å²) < 4.78 is 12.8. The topological polar surface area (TPSA) is 57.3 Å². The summed E-state index contributed by atoms with van der Waals surface area (Å²) in [5.41, 5.74) is 0.544. The van der Waals surface area contributed by atoms with Gasteiger partial charge in [0.2, 0.25) is 0 Å². The molecule has 0 fully saturated rings. The van der Waals surface area contributed by atoms with E-state index < -0.39 is 0 Å². The van der Waals surface area contributed by atoms with Crippen LogP contribution in [0, 0.1) is 0 Å². The first-order chi connectivity index (χ1) is 11.2. The predicted octanol–water partition coefficient (Wildman–Crippen LogP) is 3.49. The second kappa shape index (κ2) is 6.79. The number of hydrogen-bond acceptors (Lipinski definition) is 4. The monoisotopic (exact) mass is 308 g/mol. The number of furan rings is 1. The number of hydrogen-bond donors (Lipinski definition) is 0. The van der Waals surface area contributed by atoms with Gasteiger partial charge < -0.3 is 9.15 Å². The lowest BCUT2D eigenvalue weighted by Crippen LogP contribution is -1.93. The number of allylic oxidation sites excluding steroid dienone is 1. The molecule has 0 unspecified atom stereocenters. The van der Waals surface area contributed by atoms with E-state index in [1.54, 1.807) is 30.1 Å². The molecule has 23 heavy (non-hydrogen) atoms. The molecule has 0 aliphatic heterocycles. The molecule has 3 aromatic rings. The summed E-state index contributed by atoms with van der Waals surface area (Å²) in [5, 5.41) is 3.97. The van der Waals surface area contributed by atoms with Crippen molar-refractivity contribution in [2.75, 3.05) is 0 Å². The number of aromatic nitrogens is 2. The molecule has 5 heteroatoms. The first-order valence-electron chi connectivity index (χ1n) is 7.18. The standard InChI is InChI=1S/C18H16N2O3/c1-20-12-14(11-19-20)18(21)10-9-16-7-8-17(23-16)13-22-15-5-3-2-4-6-15/h2-12H,13H2,1H3/b10-9+. The van der Waals surface area contributed by atoms with E-state index >= 15 is 0 Å². The van der Waals surface area contributed by atoms with Crippen LogP contribution in [-0.4, -0.2) is 15.6 Å². The Labute approximate surface area is 133 Å². The van der Waals surface area contributed by atoms with Gasteiger partial charge in [-0.25, -0.2) is 0 Å². The average molecular weight is 308 g/mol. The third-order valence-electron chi connectivity index (χ3n) is 3.20. The van der Waals surface area contributed by atoms with Gasteiger partial charge in [-0.15, -0.1) is 0 Å². The van der Waals surface area contributed by atoms with E-state index in [1.807, 2.05) is 36.4 Å². The number of carbonyl (C=O) groups is 1. The van der Waals surface area contributed by atoms with Gasteiger partial charge in [-0.1, -0.05) is 18.2 Å². The fourth-order valence-corrected chi connectivity index (χ4v) is 2.04. The average Bonchev–Trinajstić information content (AvgIpc) is 3.21. The highest BCUT2D eigenvalue weighted by atomic mass is 16.5. The molecule has 0 N–H and O–H groups in total. The molecule has 0 saturated carbocycles. The lowest BCUT2D eigenvalue weighted by atomic mass is 10.2. The third kappa shape index (κ3) is 3.97. The SMILES string of the molecule is Cn1cc(C(=O)/C=C/c2ccc(COc3ccccc3)o2)cn1. The zero-order chi connectivity index (χ0) is 16.1. The van der Waals surface area contributed by atoms with Crippen molar-refractivity contribution in [1.29, 1.82) is 0 Å². The third-order valence-corrected chi connectivity index (χ3v) is 3.20. The summed E-state index contributed by atoms with van der Waals surface area (Å²) in [5.74, 6) is 1.97. The highest BCUT2D eigenvalue weighted by Crippen LogP contribution is 2.15. The molecule has 0 aliphatic carbocycles. The number of aryl methyl sites for hydroxylation is 1. The fraction of sp³-hybridized carbons (Fsp3) is 0.111. The van der Waals surface area contributed by atoms with Crippen LogP contribution < -0.4 is 4.74 Å². The van der Waals surface area contributed by atoms with E-state index in [9.17, 15) is 4.79 Å². The quantitative estimate of drug-likeness (QED) is 0.516. The van der Waals surface area contributed by atoms with Crippen LogP contribution in [0.3, 0.4) is 0 Å². The molecule has 0 amide bonds. The summed E-state index contributed by atoms with van der Waals surface area (Å²) in [6.07, 6.45) is 6.32. The van der Waals surface area contributed by atoms with Gasteiger partial charge in [-0.05, 0) is 36.4 Å². The number of carbonyl (C=O) groups excluding carboxylic acids is 1. The molecule has 3 rings (SSSR count). The maximum absolute atomic E-state index is 11.9. The summed E-state index contributed by atoms with van der Waals surface area (Å²) >= 11 is 0. The van der Waals surface area contributed by atoms with Crippen molar-refractivity contribution in [1.82, 2.24) is 9.78 Å². The van der Waals surface area contributed by atoms with Gasteiger partial charge in [0, 0.05) is 13.2 Å². The number of para-hydroxylation sites is 1. The lowest BCUT2D eigenvalue weighted by molar-refractivity contribution is 0.104. The maximum Gasteiger partial charge on any atom is 0.189 e. The van der Waals surface area contributed by atoms with Crippen molar-refractivity contribution < 1.29 is 13.9 Å². The van der Waals surface area contributed by atoms with E-state index in [-0.39, 0.29) is 5.78 Å². The number of benzene rings is 1. The molecular weight excluding hydrogens is 292 g/mol. The van der Waals surface area contributed by atoms with Crippen LogP contribution in [0.1, 0.15) is 21.9 Å². The smallest absolute Gasteiger partial charge is 0.189 e. The molecule has 0 spiro atoms. The summed E-state index contributed by atoms with van der Waals surface area (Å²) in [4.78, 5) is 11.9. The van der Waals surface area contributed by atoms with E-state index in [4.69, 9.17) is 9.15 Å². The van der Waals surface area contributed by atoms with Crippen LogP contribution in [0.25, 0.3) is 6.08 Å². The molecule has 0 radical (unpaired) electrons. The Balaban J connectivity index is 1.58. The number of ketones is 1. The fourth-order valence-electron chi connectivity index (χ4n) is 2.04. The second-order valence-electron chi connectivity index (χ2n) is 5.01. The molecule has 2 aromatic heterocycles. The van der Waals surface area contributed by atoms with Gasteiger partial charge in [0.15, 0.2) is 5.78 Å². The van der Waals surface area contributed by atoms with Crippen molar-refractivity contribution in [3.63, 3.8) is 0 Å². The van der Waals surface area contributed by atoms with Crippen molar-refractivity contribution in [3.8, 4) is 5.75 Å². The van der Waals surface area contributed by atoms with Crippen LogP contribution in [0.5, 0.6) is 5.75 Å². The Morgan fingerprint density at radius 2 is 2.09 bits per heavy atom. The minimum atomic E-state index is -0.114. The summed E-state index contributed by atoms with van der Waals surface area (Å²) in [7, 11) is 1.77. The van der Waals surface area contributed by atoms with Gasteiger partial charge >= 0.3 is 0 Å². The molecule has 0 atom stereocenters. The Hall–Kier alpha value is -3.08. The van der Waals surface area contributed by atoms with Crippen LogP contribution in [0.4, 0.5) is 0 Å². The van der Waals surface area contributed by atoms with E-state index in [1.165, 1.54) is 12.3 Å². The van der Waals surface area contributed by atoms with Crippen LogP contribution in [0.15, 0.2) is 65.4 Å². The van der Waals surface area contributed by atoms with Gasteiger partial charge in [-0.2, -0.15) is 5.10 Å². The van der Waals surface area contributed by atoms with E-state index in [0.29, 0.717) is 23.7 Å². The number of nitrogens with zero attached hydrogens (tertiary/aromatic N) is 2. The molecule has 2 heterocycles. The predicted molar refractivity (Wildman–Crippen MR) is 86.1 cm³/mol. The zero-order valence-corrected chi connectivity index (χ0v) is 12.7. The summed E-state index contributed by atoms with van der Waals surface area (Å²) in [6, 6.07) is 13.2. The lowest BCUT2D eigenvalue weighted by Gasteiger charge is -2.02. The second-order valence-corrected chi connectivity index (χ2v) is 5.01. The molecule has 0 aliphatic rings. The molecule has 1 aromatic carbocycles. The minimum absolute atomic E-state index is 0.114. The number of ether oxygens (including phenoxy) is 1. The first kappa shape index (κ1) is 14.8. The largest absolute Gasteiger partial charge is 0.486 e. The molecular formula is C18H16N2O3. The van der Waals surface area contributed by atoms with Crippen LogP contribution >= 0.6 is 0 Å². The Bertz CT molecular complexity index is 816. The Morgan fingerprint density at radius 1 is 1.26 bits per heavy atom. The van der Waals surface area contributed by atoms with Crippen molar-refractivity contribution >= 4 is 11.9 Å². The first-order valence-corrected chi connectivity index (χ1v) is 7.18. The van der Waals surface area contributed by atoms with Crippen molar-refractivity contribution in [2.45, 2.75) is 6.61 Å². The molecule has 0 saturated heterocycles. The van der Waals surface area contributed by atoms with Crippen LogP contribution in [0.2, 0.25) is 0 Å². The molecule has 116 valence electrons. The van der Waals surface area contributed by atoms with Gasteiger partial charge in [0.05, 0.1) is 11.8 Å². The number of rotatable bonds is 6. The van der Waals surface area contributed by atoms with Crippen LogP contribution in [-0.2, 0) is 13.7 Å². The van der Waals surface area contributed by atoms with Crippen molar-refractivity contribution in [2.24, 2.45) is 7.05 Å². The van der Waals surface area contributed by atoms with E-state index in [0.717, 1.165) is 5.75 Å². The molecule has 5 nitrogen and oxygen atoms in total. The van der Waals surface area contributed by atoms with E-state index in [2.05, 4.69) is 5.10 Å². The molecule has 0 bridgehead atoms. The normalized spacial score (nSPS) is 11.0. The van der Waals surface area contributed by atoms with Gasteiger partial charge in [-0.3, -0.25) is 9.48 Å². The maximum atomic E-state index is 11.9.